The number of aliphatic imine (C=N–C) groups is 1. The van der Waals surface area contributed by atoms with E-state index < -0.39 is 22.8 Å². The van der Waals surface area contributed by atoms with Crippen molar-refractivity contribution >= 4 is 12.1 Å². The van der Waals surface area contributed by atoms with Crippen LogP contribution < -0.4 is 5.32 Å². The van der Waals surface area contributed by atoms with Gasteiger partial charge in [-0.1, -0.05) is 42.2 Å². The molecule has 196 valence electrons. The monoisotopic (exact) mass is 509 g/mol. The number of carbonyl (C=O) groups is 1. The number of nitrogens with one attached hydrogen (secondary N) is 1. The van der Waals surface area contributed by atoms with Gasteiger partial charge < -0.3 is 14.4 Å². The Morgan fingerprint density at radius 2 is 1.92 bits per heavy atom. The van der Waals surface area contributed by atoms with Crippen molar-refractivity contribution < 1.29 is 14.3 Å². The average Bonchev–Trinajstić information content (AvgIpc) is 3.74. The Bertz CT molecular complexity index is 1440. The normalized spacial score (nSPS) is 30.5. The van der Waals surface area contributed by atoms with E-state index in [2.05, 4.69) is 59.6 Å². The second kappa shape index (κ2) is 7.86. The summed E-state index contributed by atoms with van der Waals surface area (Å²) < 4.78 is 12.6. The van der Waals surface area contributed by atoms with E-state index in [0.717, 1.165) is 31.2 Å². The highest BCUT2D eigenvalue weighted by molar-refractivity contribution is 5.95. The number of carbonyl (C=O) groups excluding carboxylic acids is 1. The van der Waals surface area contributed by atoms with Gasteiger partial charge in [0.15, 0.2) is 0 Å². The predicted octanol–water partition coefficient (Wildman–Crippen LogP) is 4.93. The minimum Gasteiger partial charge on any atom is -0.444 e. The SMILES string of the molecule is CN1COC23Cc4ccccc4CCC24Cc2ccc(C#CC5CC5)cc2C43N=C1NC(=O)OC(C)(C)C. The van der Waals surface area contributed by atoms with Crippen LogP contribution in [0.15, 0.2) is 47.5 Å². The Balaban J connectivity index is 1.38. The largest absolute Gasteiger partial charge is 0.444 e. The molecule has 0 aromatic heterocycles. The van der Waals surface area contributed by atoms with Gasteiger partial charge in [0.25, 0.3) is 0 Å². The van der Waals surface area contributed by atoms with E-state index in [-0.39, 0.29) is 5.41 Å². The minimum absolute atomic E-state index is 0.175. The third kappa shape index (κ3) is 3.31. The zero-order valence-corrected chi connectivity index (χ0v) is 22.7. The van der Waals surface area contributed by atoms with E-state index in [1.54, 1.807) is 0 Å². The molecule has 0 radical (unpaired) electrons. The van der Waals surface area contributed by atoms with Crippen molar-refractivity contribution in [2.75, 3.05) is 13.8 Å². The lowest BCUT2D eigenvalue weighted by Gasteiger charge is -2.28. The van der Waals surface area contributed by atoms with Crippen LogP contribution in [-0.4, -0.2) is 41.9 Å². The topological polar surface area (TPSA) is 63.2 Å². The lowest BCUT2D eigenvalue weighted by molar-refractivity contribution is -0.0393. The number of aryl methyl sites for hydroxylation is 1. The van der Waals surface area contributed by atoms with Crippen LogP contribution in [0.3, 0.4) is 0 Å². The van der Waals surface area contributed by atoms with Crippen molar-refractivity contribution in [1.29, 1.82) is 0 Å². The van der Waals surface area contributed by atoms with Gasteiger partial charge >= 0.3 is 6.09 Å². The maximum atomic E-state index is 12.9. The summed E-state index contributed by atoms with van der Waals surface area (Å²) >= 11 is 0. The molecule has 5 aliphatic rings. The summed E-state index contributed by atoms with van der Waals surface area (Å²) in [4.78, 5) is 20.2. The number of benzene rings is 2. The van der Waals surface area contributed by atoms with E-state index in [9.17, 15) is 4.79 Å². The molecule has 7 rings (SSSR count). The molecule has 2 fully saturated rings. The fourth-order valence-corrected chi connectivity index (χ4v) is 7.28. The number of hydrogen-bond acceptors (Lipinski definition) is 5. The number of guanidine groups is 1. The molecule has 1 aliphatic heterocycles. The van der Waals surface area contributed by atoms with Gasteiger partial charge in [0.05, 0.1) is 0 Å². The van der Waals surface area contributed by atoms with Crippen LogP contribution in [0.25, 0.3) is 0 Å². The third-order valence-corrected chi connectivity index (χ3v) is 9.11. The van der Waals surface area contributed by atoms with Crippen molar-refractivity contribution in [2.45, 2.75) is 76.0 Å². The molecule has 1 heterocycles. The van der Waals surface area contributed by atoms with Crippen molar-refractivity contribution in [3.8, 4) is 11.8 Å². The summed E-state index contributed by atoms with van der Waals surface area (Å²) in [5.41, 5.74) is 4.46. The van der Waals surface area contributed by atoms with E-state index in [1.165, 1.54) is 35.1 Å². The molecule has 4 aliphatic carbocycles. The Kier molecular flexibility index (Phi) is 4.92. The van der Waals surface area contributed by atoms with Crippen molar-refractivity contribution in [3.63, 3.8) is 0 Å². The van der Waals surface area contributed by atoms with Gasteiger partial charge in [-0.25, -0.2) is 9.79 Å². The van der Waals surface area contributed by atoms with Crippen LogP contribution in [0, 0.1) is 23.2 Å². The molecule has 1 N–H and O–H groups in total. The number of amides is 1. The van der Waals surface area contributed by atoms with Crippen LogP contribution in [0.5, 0.6) is 0 Å². The molecule has 2 aromatic carbocycles. The molecule has 6 nitrogen and oxygen atoms in total. The zero-order chi connectivity index (χ0) is 26.3. The number of fused-ring (bicyclic) bond motifs is 2. The first-order valence-electron chi connectivity index (χ1n) is 13.8. The summed E-state index contributed by atoms with van der Waals surface area (Å²) in [6.45, 7) is 5.94. The van der Waals surface area contributed by atoms with Gasteiger partial charge in [0.1, 0.15) is 23.5 Å². The number of ether oxygens (including phenoxy) is 2. The van der Waals surface area contributed by atoms with Gasteiger partial charge in [-0.3, -0.25) is 5.32 Å². The molecule has 0 saturated heterocycles. The lowest BCUT2D eigenvalue weighted by Crippen LogP contribution is -2.45. The first kappa shape index (κ1) is 23.8. The Morgan fingerprint density at radius 3 is 2.68 bits per heavy atom. The summed E-state index contributed by atoms with van der Waals surface area (Å²) in [6.07, 6.45) is 5.60. The molecule has 2 saturated carbocycles. The molecule has 0 bridgehead atoms. The van der Waals surface area contributed by atoms with E-state index in [0.29, 0.717) is 18.6 Å². The quantitative estimate of drug-likeness (QED) is 0.512. The van der Waals surface area contributed by atoms with E-state index in [4.69, 9.17) is 14.5 Å². The molecule has 6 heteroatoms. The van der Waals surface area contributed by atoms with Crippen molar-refractivity contribution in [2.24, 2.45) is 16.3 Å². The highest BCUT2D eigenvalue weighted by Crippen LogP contribution is 2.83. The first-order valence-corrected chi connectivity index (χ1v) is 13.8. The molecule has 1 amide bonds. The van der Waals surface area contributed by atoms with Gasteiger partial charge in [0, 0.05) is 30.4 Å². The summed E-state index contributed by atoms with van der Waals surface area (Å²) in [5, 5.41) is 2.97. The maximum absolute atomic E-state index is 12.9. The number of alkyl carbamates (subject to hydrolysis) is 1. The number of nitrogens with zero attached hydrogens (tertiary/aromatic N) is 2. The third-order valence-electron chi connectivity index (χ3n) is 9.11. The van der Waals surface area contributed by atoms with Gasteiger partial charge in [-0.15, -0.1) is 0 Å². The Labute approximate surface area is 224 Å². The lowest BCUT2D eigenvalue weighted by atomic mass is 9.89. The second-order valence-electron chi connectivity index (χ2n) is 12.7. The molecular formula is C32H35N3O3. The number of rotatable bonds is 0. The van der Waals surface area contributed by atoms with Crippen LogP contribution in [-0.2, 0) is 34.3 Å². The van der Waals surface area contributed by atoms with E-state index >= 15 is 0 Å². The Morgan fingerprint density at radius 1 is 1.13 bits per heavy atom. The number of hydrogen-bond donors (Lipinski definition) is 1. The van der Waals surface area contributed by atoms with Gasteiger partial charge in [0.2, 0.25) is 5.96 Å². The van der Waals surface area contributed by atoms with Crippen LogP contribution in [0.2, 0.25) is 0 Å². The highest BCUT2D eigenvalue weighted by atomic mass is 16.6. The molecular weight excluding hydrogens is 474 g/mol. The molecule has 3 spiro atoms. The Hall–Kier alpha value is -3.30. The minimum atomic E-state index is -0.602. The van der Waals surface area contributed by atoms with Gasteiger partial charge in [-0.2, -0.15) is 0 Å². The predicted molar refractivity (Wildman–Crippen MR) is 146 cm³/mol. The zero-order valence-electron chi connectivity index (χ0n) is 22.7. The molecule has 3 unspecified atom stereocenters. The second-order valence-corrected chi connectivity index (χ2v) is 12.7. The molecule has 38 heavy (non-hydrogen) atoms. The average molecular weight is 510 g/mol. The molecule has 2 aromatic rings. The first-order chi connectivity index (χ1) is 18.2. The van der Waals surface area contributed by atoms with Crippen LogP contribution >= 0.6 is 0 Å². The fourth-order valence-electron chi connectivity index (χ4n) is 7.28. The fraction of sp³-hybridized carbons (Fsp3) is 0.500. The highest BCUT2D eigenvalue weighted by Gasteiger charge is 2.92. The standard InChI is InChI=1S/C32H35N3O3/c1-29(2,3)38-28(36)33-27-34-32-26-17-22(12-11-21-9-10-21)13-14-25(26)18-30(32)16-15-23-7-5-6-8-24(23)19-31(30,32)37-20-35(27)4/h5-8,13-14,17,21H,9-10,15-16,18-20H2,1-4H3,(H,33,34,36). The summed E-state index contributed by atoms with van der Waals surface area (Å²) in [6, 6.07) is 15.4. The van der Waals surface area contributed by atoms with Crippen molar-refractivity contribution in [3.05, 3.63) is 70.3 Å². The summed E-state index contributed by atoms with van der Waals surface area (Å²) in [7, 11) is 1.91. The van der Waals surface area contributed by atoms with E-state index in [1.807, 2.05) is 32.7 Å². The smallest absolute Gasteiger partial charge is 0.414 e. The van der Waals surface area contributed by atoms with Crippen LogP contribution in [0.1, 0.15) is 67.9 Å². The molecule has 3 atom stereocenters. The van der Waals surface area contributed by atoms with Crippen molar-refractivity contribution in [1.82, 2.24) is 10.2 Å². The van der Waals surface area contributed by atoms with Crippen LogP contribution in [0.4, 0.5) is 4.79 Å². The summed E-state index contributed by atoms with van der Waals surface area (Å²) in [5.74, 6) is 7.89. The maximum Gasteiger partial charge on any atom is 0.414 e. The van der Waals surface area contributed by atoms with Gasteiger partial charge in [-0.05, 0) is 87.3 Å².